The van der Waals surface area contributed by atoms with Crippen molar-refractivity contribution < 1.29 is 0 Å². The number of hydrogen-bond acceptors (Lipinski definition) is 4. The van der Waals surface area contributed by atoms with Crippen LogP contribution < -0.4 is 5.32 Å². The lowest BCUT2D eigenvalue weighted by atomic mass is 10.2. The van der Waals surface area contributed by atoms with E-state index in [9.17, 15) is 0 Å². The summed E-state index contributed by atoms with van der Waals surface area (Å²) in [4.78, 5) is 8.28. The van der Waals surface area contributed by atoms with Crippen LogP contribution >= 0.6 is 0 Å². The van der Waals surface area contributed by atoms with Crippen LogP contribution in [0, 0.1) is 18.3 Å². The van der Waals surface area contributed by atoms with Crippen molar-refractivity contribution in [2.24, 2.45) is 0 Å². The van der Waals surface area contributed by atoms with E-state index in [4.69, 9.17) is 5.26 Å². The summed E-state index contributed by atoms with van der Waals surface area (Å²) in [6.07, 6.45) is 3.37. The molecule has 0 fully saturated rings. The van der Waals surface area contributed by atoms with Crippen LogP contribution in [0.1, 0.15) is 11.3 Å². The van der Waals surface area contributed by atoms with Gasteiger partial charge < -0.3 is 5.32 Å². The normalized spacial score (nSPS) is 9.50. The fraction of sp³-hybridized carbons (Fsp3) is 0.0833. The van der Waals surface area contributed by atoms with Gasteiger partial charge in [-0.1, -0.05) is 0 Å². The molecule has 2 aromatic rings. The minimum Gasteiger partial charge on any atom is -0.338 e. The number of hydrogen-bond donors (Lipinski definition) is 1. The maximum Gasteiger partial charge on any atom is 0.148 e. The molecule has 0 radical (unpaired) electrons. The number of anilines is 2. The first-order chi connectivity index (χ1) is 7.81. The van der Waals surface area contributed by atoms with E-state index in [0.29, 0.717) is 11.4 Å². The molecule has 0 atom stereocenters. The summed E-state index contributed by atoms with van der Waals surface area (Å²) in [6.45, 7) is 1.90. The van der Waals surface area contributed by atoms with Crippen molar-refractivity contribution in [3.8, 4) is 6.07 Å². The van der Waals surface area contributed by atoms with Crippen LogP contribution in [-0.4, -0.2) is 9.97 Å². The Labute approximate surface area is 93.6 Å². The quantitative estimate of drug-likeness (QED) is 0.826. The SMILES string of the molecule is Cc1ncccc1Nc1ncccc1C#N. The molecule has 0 saturated heterocycles. The van der Waals surface area contributed by atoms with Crippen LogP contribution in [0.2, 0.25) is 0 Å². The van der Waals surface area contributed by atoms with E-state index < -0.39 is 0 Å². The second kappa shape index (κ2) is 4.41. The second-order valence-corrected chi connectivity index (χ2v) is 3.27. The van der Waals surface area contributed by atoms with Crippen LogP contribution in [0.25, 0.3) is 0 Å². The summed E-state index contributed by atoms with van der Waals surface area (Å²) < 4.78 is 0. The highest BCUT2D eigenvalue weighted by Crippen LogP contribution is 2.19. The van der Waals surface area contributed by atoms with Crippen molar-refractivity contribution in [2.75, 3.05) is 5.32 Å². The number of nitriles is 1. The Kier molecular flexibility index (Phi) is 2.79. The first-order valence-corrected chi connectivity index (χ1v) is 4.85. The van der Waals surface area contributed by atoms with E-state index in [0.717, 1.165) is 11.4 Å². The zero-order valence-electron chi connectivity index (χ0n) is 8.81. The Morgan fingerprint density at radius 1 is 1.19 bits per heavy atom. The first kappa shape index (κ1) is 10.1. The first-order valence-electron chi connectivity index (χ1n) is 4.85. The molecule has 0 saturated carbocycles. The fourth-order valence-corrected chi connectivity index (χ4v) is 1.34. The zero-order chi connectivity index (χ0) is 11.4. The summed E-state index contributed by atoms with van der Waals surface area (Å²) in [7, 11) is 0. The minimum absolute atomic E-state index is 0.519. The van der Waals surface area contributed by atoms with Gasteiger partial charge in [0.2, 0.25) is 0 Å². The van der Waals surface area contributed by atoms with Crippen LogP contribution in [-0.2, 0) is 0 Å². The number of aromatic nitrogens is 2. The lowest BCUT2D eigenvalue weighted by Crippen LogP contribution is -1.98. The summed E-state index contributed by atoms with van der Waals surface area (Å²) in [5, 5.41) is 12.0. The van der Waals surface area contributed by atoms with E-state index in [1.165, 1.54) is 0 Å². The summed E-state index contributed by atoms with van der Waals surface area (Å²) in [5.41, 5.74) is 2.25. The Morgan fingerprint density at radius 3 is 2.69 bits per heavy atom. The van der Waals surface area contributed by atoms with Crippen molar-refractivity contribution in [2.45, 2.75) is 6.92 Å². The maximum absolute atomic E-state index is 8.92. The molecule has 1 N–H and O–H groups in total. The standard InChI is InChI=1S/C12H10N4/c1-9-11(5-3-6-14-9)16-12-10(8-13)4-2-7-15-12/h2-7H,1H3,(H,15,16). The van der Waals surface area contributed by atoms with E-state index in [2.05, 4.69) is 21.4 Å². The highest BCUT2D eigenvalue weighted by molar-refractivity contribution is 5.63. The molecule has 0 spiro atoms. The van der Waals surface area contributed by atoms with Crippen molar-refractivity contribution >= 4 is 11.5 Å². The largest absolute Gasteiger partial charge is 0.338 e. The Morgan fingerprint density at radius 2 is 1.94 bits per heavy atom. The third kappa shape index (κ3) is 1.98. The van der Waals surface area contributed by atoms with Crippen molar-refractivity contribution in [3.05, 3.63) is 47.9 Å². The topological polar surface area (TPSA) is 61.6 Å². The molecular formula is C12H10N4. The number of aryl methyl sites for hydroxylation is 1. The van der Waals surface area contributed by atoms with E-state index in [1.54, 1.807) is 24.5 Å². The molecule has 0 aromatic carbocycles. The number of rotatable bonds is 2. The number of nitrogens with one attached hydrogen (secondary N) is 1. The molecule has 0 aliphatic carbocycles. The summed E-state index contributed by atoms with van der Waals surface area (Å²) in [5.74, 6) is 0.557. The van der Waals surface area contributed by atoms with E-state index >= 15 is 0 Å². The Balaban J connectivity index is 2.35. The molecular weight excluding hydrogens is 200 g/mol. The molecule has 0 aliphatic rings. The van der Waals surface area contributed by atoms with Crippen LogP contribution in [0.15, 0.2) is 36.7 Å². The van der Waals surface area contributed by atoms with Gasteiger partial charge in [-0.25, -0.2) is 4.98 Å². The van der Waals surface area contributed by atoms with Gasteiger partial charge in [0.1, 0.15) is 11.9 Å². The Bertz CT molecular complexity index is 543. The average molecular weight is 210 g/mol. The Hall–Kier alpha value is -2.41. The zero-order valence-corrected chi connectivity index (χ0v) is 8.81. The average Bonchev–Trinajstić information content (AvgIpc) is 2.33. The maximum atomic E-state index is 8.92. The predicted octanol–water partition coefficient (Wildman–Crippen LogP) is 2.40. The molecule has 4 nitrogen and oxygen atoms in total. The van der Waals surface area contributed by atoms with Crippen LogP contribution in [0.4, 0.5) is 11.5 Å². The monoisotopic (exact) mass is 210 g/mol. The van der Waals surface area contributed by atoms with Gasteiger partial charge in [0.25, 0.3) is 0 Å². The molecule has 4 heteroatoms. The lowest BCUT2D eigenvalue weighted by Gasteiger charge is -2.08. The molecule has 2 rings (SSSR count). The van der Waals surface area contributed by atoms with Crippen LogP contribution in [0.5, 0.6) is 0 Å². The lowest BCUT2D eigenvalue weighted by molar-refractivity contribution is 1.19. The highest BCUT2D eigenvalue weighted by Gasteiger charge is 2.04. The molecule has 0 bridgehead atoms. The van der Waals surface area contributed by atoms with E-state index in [-0.39, 0.29) is 0 Å². The number of pyridine rings is 2. The van der Waals surface area contributed by atoms with Crippen molar-refractivity contribution in [3.63, 3.8) is 0 Å². The van der Waals surface area contributed by atoms with Crippen molar-refractivity contribution in [1.29, 1.82) is 5.26 Å². The molecule has 78 valence electrons. The smallest absolute Gasteiger partial charge is 0.148 e. The van der Waals surface area contributed by atoms with Gasteiger partial charge in [0, 0.05) is 12.4 Å². The predicted molar refractivity (Wildman–Crippen MR) is 61.2 cm³/mol. The van der Waals surface area contributed by atoms with Gasteiger partial charge in [0.15, 0.2) is 0 Å². The van der Waals surface area contributed by atoms with Crippen LogP contribution in [0.3, 0.4) is 0 Å². The van der Waals surface area contributed by atoms with E-state index in [1.807, 2.05) is 19.1 Å². The van der Waals surface area contributed by atoms with Crippen molar-refractivity contribution in [1.82, 2.24) is 9.97 Å². The minimum atomic E-state index is 0.519. The molecule has 0 amide bonds. The second-order valence-electron chi connectivity index (χ2n) is 3.27. The molecule has 16 heavy (non-hydrogen) atoms. The fourth-order valence-electron chi connectivity index (χ4n) is 1.34. The van der Waals surface area contributed by atoms with Gasteiger partial charge in [-0.15, -0.1) is 0 Å². The van der Waals surface area contributed by atoms with Gasteiger partial charge in [-0.05, 0) is 31.2 Å². The molecule has 2 heterocycles. The molecule has 0 unspecified atom stereocenters. The van der Waals surface area contributed by atoms with Gasteiger partial charge in [-0.3, -0.25) is 4.98 Å². The summed E-state index contributed by atoms with van der Waals surface area (Å²) in [6, 6.07) is 9.29. The highest BCUT2D eigenvalue weighted by atomic mass is 15.0. The summed E-state index contributed by atoms with van der Waals surface area (Å²) >= 11 is 0. The third-order valence-electron chi connectivity index (χ3n) is 2.19. The van der Waals surface area contributed by atoms with Gasteiger partial charge in [-0.2, -0.15) is 5.26 Å². The number of nitrogens with zero attached hydrogens (tertiary/aromatic N) is 3. The molecule has 0 aliphatic heterocycles. The molecule has 2 aromatic heterocycles. The van der Waals surface area contributed by atoms with Gasteiger partial charge >= 0.3 is 0 Å². The van der Waals surface area contributed by atoms with Gasteiger partial charge in [0.05, 0.1) is 16.9 Å². The third-order valence-corrected chi connectivity index (χ3v) is 2.19.